The van der Waals surface area contributed by atoms with Gasteiger partial charge in [-0.2, -0.15) is 4.98 Å². The first kappa shape index (κ1) is 33.4. The number of fused-ring (bicyclic) bond motifs is 4. The topological polar surface area (TPSA) is 136 Å². The molecule has 2 unspecified atom stereocenters. The number of hydrogen-bond donors (Lipinski definition) is 2. The summed E-state index contributed by atoms with van der Waals surface area (Å²) in [6.45, 7) is 11.9. The molecule has 0 aliphatic carbocycles. The Balaban J connectivity index is 1.45. The molecule has 1 fully saturated rings. The van der Waals surface area contributed by atoms with Crippen LogP contribution in [-0.4, -0.2) is 66.1 Å². The van der Waals surface area contributed by atoms with E-state index in [1.54, 1.807) is 23.1 Å². The summed E-state index contributed by atoms with van der Waals surface area (Å²) in [7, 11) is -4.17. The lowest BCUT2D eigenvalue weighted by Crippen LogP contribution is -2.45. The highest BCUT2D eigenvalue weighted by molar-refractivity contribution is 7.92. The maximum atomic E-state index is 14.5. The maximum Gasteiger partial charge on any atom is 0.264 e. The van der Waals surface area contributed by atoms with Crippen molar-refractivity contribution in [1.82, 2.24) is 19.9 Å². The van der Waals surface area contributed by atoms with E-state index in [1.165, 1.54) is 12.1 Å². The molecule has 1 saturated heterocycles. The highest BCUT2D eigenvalue weighted by Gasteiger charge is 2.32. The average molecular weight is 671 g/mol. The second-order valence-corrected chi connectivity index (χ2v) is 15.4. The third-order valence-corrected chi connectivity index (χ3v) is 9.78. The number of benzene rings is 2. The summed E-state index contributed by atoms with van der Waals surface area (Å²) in [5, 5.41) is 3.43. The number of pyridine rings is 1. The van der Waals surface area contributed by atoms with Crippen LogP contribution in [0.5, 0.6) is 5.88 Å². The average Bonchev–Trinajstić information content (AvgIpc) is 3.54. The van der Waals surface area contributed by atoms with Gasteiger partial charge in [-0.1, -0.05) is 51.1 Å². The third kappa shape index (κ3) is 7.77. The van der Waals surface area contributed by atoms with Crippen molar-refractivity contribution in [2.75, 3.05) is 29.9 Å². The van der Waals surface area contributed by atoms with E-state index < -0.39 is 16.1 Å². The lowest BCUT2D eigenvalue weighted by molar-refractivity contribution is 0.0509. The molecule has 48 heavy (non-hydrogen) atoms. The highest BCUT2D eigenvalue weighted by Crippen LogP contribution is 2.32. The molecule has 0 radical (unpaired) electrons. The van der Waals surface area contributed by atoms with Crippen molar-refractivity contribution in [2.24, 2.45) is 5.41 Å². The Morgan fingerprint density at radius 1 is 0.958 bits per heavy atom. The molecular formula is C36H42N6O5S. The third-order valence-electron chi connectivity index (χ3n) is 8.45. The molecule has 2 aromatic carbocycles. The molecule has 2 aromatic heterocycles. The summed E-state index contributed by atoms with van der Waals surface area (Å²) in [6, 6.07) is 19.1. The minimum Gasteiger partial charge on any atom is -0.475 e. The van der Waals surface area contributed by atoms with E-state index in [4.69, 9.17) is 14.5 Å². The number of anilines is 2. The Morgan fingerprint density at radius 2 is 1.71 bits per heavy atom. The molecule has 0 saturated carbocycles. The van der Waals surface area contributed by atoms with E-state index in [0.717, 1.165) is 23.1 Å². The summed E-state index contributed by atoms with van der Waals surface area (Å²) < 4.78 is 41.8. The number of rotatable bonds is 6. The first-order valence-electron chi connectivity index (χ1n) is 16.2. The van der Waals surface area contributed by atoms with Gasteiger partial charge in [0.25, 0.3) is 15.9 Å². The van der Waals surface area contributed by atoms with Gasteiger partial charge >= 0.3 is 0 Å². The number of aryl methyl sites for hydroxylation is 2. The molecule has 2 aliphatic rings. The van der Waals surface area contributed by atoms with Crippen molar-refractivity contribution in [1.29, 1.82) is 0 Å². The summed E-state index contributed by atoms with van der Waals surface area (Å²) in [5.41, 5.74) is 4.08. The van der Waals surface area contributed by atoms with E-state index in [-0.39, 0.29) is 52.8 Å². The van der Waals surface area contributed by atoms with E-state index in [1.807, 2.05) is 50.2 Å². The SMILES string of the molecule is Cc1cccc(C)c1-c1cc2nc(n1)NS(=O)(=O)c1cccc(c1)C(=O)N(Cc1cccc(NC3CCOC3)n1)C(CC(C)(C)C)CO2. The molecule has 11 nitrogen and oxygen atoms in total. The molecule has 252 valence electrons. The number of nitrogens with one attached hydrogen (secondary N) is 2. The molecule has 2 atom stereocenters. The van der Waals surface area contributed by atoms with Crippen LogP contribution >= 0.6 is 0 Å². The van der Waals surface area contributed by atoms with Crippen LogP contribution in [0, 0.1) is 19.3 Å². The normalized spacial score (nSPS) is 19.4. The number of carbonyl (C=O) groups excluding carboxylic acids is 1. The van der Waals surface area contributed by atoms with Crippen LogP contribution < -0.4 is 14.8 Å². The van der Waals surface area contributed by atoms with Crippen molar-refractivity contribution in [3.8, 4) is 17.1 Å². The molecule has 6 rings (SSSR count). The number of amides is 1. The quantitative estimate of drug-likeness (QED) is 0.253. The van der Waals surface area contributed by atoms with Crippen LogP contribution in [0.3, 0.4) is 0 Å². The largest absolute Gasteiger partial charge is 0.475 e. The number of carbonyl (C=O) groups is 1. The first-order valence-corrected chi connectivity index (χ1v) is 17.7. The molecular weight excluding hydrogens is 629 g/mol. The molecule has 0 spiro atoms. The van der Waals surface area contributed by atoms with E-state index in [0.29, 0.717) is 36.8 Å². The highest BCUT2D eigenvalue weighted by atomic mass is 32.2. The zero-order valence-electron chi connectivity index (χ0n) is 28.0. The second-order valence-electron chi connectivity index (χ2n) is 13.7. The fraction of sp³-hybridized carbons (Fsp3) is 0.389. The van der Waals surface area contributed by atoms with Gasteiger partial charge in [0.15, 0.2) is 0 Å². The Hall–Kier alpha value is -4.55. The fourth-order valence-corrected chi connectivity index (χ4v) is 7.22. The van der Waals surface area contributed by atoms with Crippen LogP contribution in [-0.2, 0) is 21.3 Å². The monoisotopic (exact) mass is 670 g/mol. The second kappa shape index (κ2) is 13.5. The Bertz CT molecular complexity index is 1900. The summed E-state index contributed by atoms with van der Waals surface area (Å²) in [4.78, 5) is 30.1. The van der Waals surface area contributed by atoms with Gasteiger partial charge in [-0.15, -0.1) is 0 Å². The van der Waals surface area contributed by atoms with Gasteiger partial charge < -0.3 is 19.7 Å². The summed E-state index contributed by atoms with van der Waals surface area (Å²) in [5.74, 6) is 0.450. The van der Waals surface area contributed by atoms with Crippen molar-refractivity contribution >= 4 is 27.7 Å². The molecule has 12 heteroatoms. The first-order chi connectivity index (χ1) is 22.8. The number of sulfonamides is 1. The van der Waals surface area contributed by atoms with E-state index in [2.05, 4.69) is 40.8 Å². The van der Waals surface area contributed by atoms with Gasteiger partial charge in [0.05, 0.1) is 41.5 Å². The summed E-state index contributed by atoms with van der Waals surface area (Å²) in [6.07, 6.45) is 1.49. The predicted octanol–water partition coefficient (Wildman–Crippen LogP) is 6.00. The molecule has 4 bridgehead atoms. The lowest BCUT2D eigenvalue weighted by atomic mass is 9.87. The van der Waals surface area contributed by atoms with Crippen molar-refractivity contribution < 1.29 is 22.7 Å². The standard InChI is InChI=1S/C36H42N6O5S/c1-23-9-6-10-24(2)33(23)30-18-32-40-35(39-30)41-48(44,45)29-13-7-11-25(17-29)34(43)42(28(22-47-32)19-36(3,4)5)20-26-12-8-14-31(37-26)38-27-15-16-46-21-27/h6-14,17-18,27-28H,15-16,19-22H2,1-5H3,(H,37,38)(H,39,40,41). The van der Waals surface area contributed by atoms with Crippen LogP contribution in [0.4, 0.5) is 11.8 Å². The minimum atomic E-state index is -4.17. The van der Waals surface area contributed by atoms with Gasteiger partial charge in [0.1, 0.15) is 12.4 Å². The molecule has 4 heterocycles. The fourth-order valence-electron chi connectivity index (χ4n) is 6.23. The van der Waals surface area contributed by atoms with Gasteiger partial charge in [-0.05, 0) is 73.6 Å². The van der Waals surface area contributed by atoms with Crippen LogP contribution in [0.25, 0.3) is 11.3 Å². The van der Waals surface area contributed by atoms with E-state index in [9.17, 15) is 13.2 Å². The maximum absolute atomic E-state index is 14.5. The van der Waals surface area contributed by atoms with E-state index >= 15 is 0 Å². The molecule has 1 amide bonds. The van der Waals surface area contributed by atoms with Gasteiger partial charge in [-0.25, -0.2) is 23.1 Å². The molecule has 2 N–H and O–H groups in total. The lowest BCUT2D eigenvalue weighted by Gasteiger charge is -2.35. The smallest absolute Gasteiger partial charge is 0.264 e. The number of ether oxygens (including phenoxy) is 2. The van der Waals surface area contributed by atoms with Crippen molar-refractivity contribution in [3.05, 3.63) is 89.1 Å². The minimum absolute atomic E-state index is 0.0773. The molecule has 2 aliphatic heterocycles. The van der Waals surface area contributed by atoms with Crippen molar-refractivity contribution in [2.45, 2.75) is 71.0 Å². The number of nitrogens with zero attached hydrogens (tertiary/aromatic N) is 4. The zero-order chi connectivity index (χ0) is 34.1. The molecule has 4 aromatic rings. The predicted molar refractivity (Wildman–Crippen MR) is 185 cm³/mol. The Kier molecular flexibility index (Phi) is 9.39. The number of aromatic nitrogens is 3. The summed E-state index contributed by atoms with van der Waals surface area (Å²) >= 11 is 0. The Morgan fingerprint density at radius 3 is 2.44 bits per heavy atom. The zero-order valence-corrected chi connectivity index (χ0v) is 28.8. The van der Waals surface area contributed by atoms with Crippen molar-refractivity contribution in [3.63, 3.8) is 0 Å². The van der Waals surface area contributed by atoms with Crippen LogP contribution in [0.2, 0.25) is 0 Å². The van der Waals surface area contributed by atoms with Gasteiger partial charge in [0, 0.05) is 23.8 Å². The number of hydrogen-bond acceptors (Lipinski definition) is 9. The van der Waals surface area contributed by atoms with Gasteiger partial charge in [-0.3, -0.25) is 4.79 Å². The van der Waals surface area contributed by atoms with Crippen LogP contribution in [0.1, 0.15) is 60.8 Å². The van der Waals surface area contributed by atoms with Crippen LogP contribution in [0.15, 0.2) is 71.6 Å². The Labute approximate surface area is 282 Å². The van der Waals surface area contributed by atoms with Gasteiger partial charge in [0.2, 0.25) is 11.8 Å².